The Morgan fingerprint density at radius 1 is 1.37 bits per heavy atom. The normalized spacial score (nSPS) is 19.1. The molecule has 4 heteroatoms. The van der Waals surface area contributed by atoms with Crippen LogP contribution >= 0.6 is 0 Å². The molecule has 1 aliphatic carbocycles. The Hall–Kier alpha value is -1.55. The molecule has 2 unspecified atom stereocenters. The maximum absolute atomic E-state index is 11.6. The lowest BCUT2D eigenvalue weighted by Crippen LogP contribution is -2.40. The first-order valence-corrected chi connectivity index (χ1v) is 6.58. The fourth-order valence-electron chi connectivity index (χ4n) is 2.09. The monoisotopic (exact) mass is 263 g/mol. The molecule has 0 saturated heterocycles. The van der Waals surface area contributed by atoms with Crippen LogP contribution in [0.1, 0.15) is 44.9 Å². The van der Waals surface area contributed by atoms with Crippen molar-refractivity contribution in [1.82, 2.24) is 5.32 Å². The predicted molar refractivity (Wildman–Crippen MR) is 72.8 cm³/mol. The summed E-state index contributed by atoms with van der Waals surface area (Å²) >= 11 is 0. The molecule has 0 bridgehead atoms. The van der Waals surface area contributed by atoms with Crippen molar-refractivity contribution in [3.63, 3.8) is 0 Å². The Labute approximate surface area is 114 Å². The summed E-state index contributed by atoms with van der Waals surface area (Å²) in [5.74, 6) is 0. The molecule has 1 N–H and O–H groups in total. The zero-order valence-corrected chi connectivity index (χ0v) is 11.9. The van der Waals surface area contributed by atoms with Gasteiger partial charge in [-0.2, -0.15) is 0 Å². The topological polar surface area (TPSA) is 47.6 Å². The molecule has 0 aliphatic heterocycles. The number of fused-ring (bicyclic) bond motifs is 1. The number of alkyl carbamates (subject to hydrolysis) is 1. The van der Waals surface area contributed by atoms with Crippen LogP contribution in [0.4, 0.5) is 4.79 Å². The van der Waals surface area contributed by atoms with Crippen molar-refractivity contribution in [2.75, 3.05) is 0 Å². The van der Waals surface area contributed by atoms with E-state index in [2.05, 4.69) is 17.4 Å². The third-order valence-electron chi connectivity index (χ3n) is 2.90. The number of benzene rings is 1. The third kappa shape index (κ3) is 3.70. The lowest BCUT2D eigenvalue weighted by atomic mass is 9.85. The van der Waals surface area contributed by atoms with Crippen molar-refractivity contribution >= 4 is 6.09 Å². The second-order valence-electron chi connectivity index (χ2n) is 5.82. The first-order valence-electron chi connectivity index (χ1n) is 6.58. The molecule has 104 valence electrons. The minimum Gasteiger partial charge on any atom is -0.444 e. The number of carbonyl (C=O) groups is 1. The molecule has 0 aromatic heterocycles. The minimum atomic E-state index is -0.493. The molecule has 19 heavy (non-hydrogen) atoms. The van der Waals surface area contributed by atoms with Crippen molar-refractivity contribution in [1.29, 1.82) is 0 Å². The van der Waals surface area contributed by atoms with E-state index in [0.29, 0.717) is 0 Å². The number of ether oxygens (including phenoxy) is 2. The Morgan fingerprint density at radius 3 is 2.68 bits per heavy atom. The summed E-state index contributed by atoms with van der Waals surface area (Å²) in [5, 5.41) is 2.68. The van der Waals surface area contributed by atoms with Crippen LogP contribution in [-0.4, -0.2) is 17.9 Å². The van der Waals surface area contributed by atoms with E-state index in [4.69, 9.17) is 9.47 Å². The summed E-state index contributed by atoms with van der Waals surface area (Å²) in [7, 11) is 0. The van der Waals surface area contributed by atoms with Gasteiger partial charge in [-0.15, -0.1) is 0 Å². The SMILES string of the molecule is CC(NC(=O)OC(C)(C)C)OC1Cc2ccccc21. The highest BCUT2D eigenvalue weighted by molar-refractivity contribution is 5.67. The van der Waals surface area contributed by atoms with E-state index in [1.807, 2.05) is 39.8 Å². The van der Waals surface area contributed by atoms with Crippen LogP contribution in [-0.2, 0) is 15.9 Å². The molecule has 1 aliphatic rings. The first kappa shape index (κ1) is 13.9. The predicted octanol–water partition coefficient (Wildman–Crippen LogP) is 3.17. The third-order valence-corrected chi connectivity index (χ3v) is 2.90. The van der Waals surface area contributed by atoms with Gasteiger partial charge in [0.1, 0.15) is 11.8 Å². The molecule has 1 aromatic rings. The van der Waals surface area contributed by atoms with Gasteiger partial charge in [-0.3, -0.25) is 5.32 Å². The molecule has 2 atom stereocenters. The number of rotatable bonds is 3. The van der Waals surface area contributed by atoms with Crippen LogP contribution in [0.25, 0.3) is 0 Å². The Balaban J connectivity index is 1.80. The second kappa shape index (κ2) is 5.21. The van der Waals surface area contributed by atoms with Crippen molar-refractivity contribution in [2.24, 2.45) is 0 Å². The van der Waals surface area contributed by atoms with Gasteiger partial charge in [-0.25, -0.2) is 4.79 Å². The Bertz CT molecular complexity index is 465. The molecule has 0 radical (unpaired) electrons. The van der Waals surface area contributed by atoms with Crippen LogP contribution in [0.5, 0.6) is 0 Å². The fraction of sp³-hybridized carbons (Fsp3) is 0.533. The van der Waals surface area contributed by atoms with Gasteiger partial charge in [0.15, 0.2) is 0 Å². The largest absolute Gasteiger partial charge is 0.444 e. The number of hydrogen-bond donors (Lipinski definition) is 1. The highest BCUT2D eigenvalue weighted by atomic mass is 16.6. The minimum absolute atomic E-state index is 0.0705. The molecule has 4 nitrogen and oxygen atoms in total. The summed E-state index contributed by atoms with van der Waals surface area (Å²) in [6.07, 6.45) is 0.151. The van der Waals surface area contributed by atoms with E-state index in [1.54, 1.807) is 0 Å². The number of hydrogen-bond acceptors (Lipinski definition) is 3. The zero-order chi connectivity index (χ0) is 14.0. The van der Waals surface area contributed by atoms with Gasteiger partial charge in [0.25, 0.3) is 0 Å². The second-order valence-corrected chi connectivity index (χ2v) is 5.82. The molecule has 0 fully saturated rings. The van der Waals surface area contributed by atoms with Crippen LogP contribution in [0.15, 0.2) is 24.3 Å². The molecule has 2 rings (SSSR count). The smallest absolute Gasteiger partial charge is 0.409 e. The molecule has 0 heterocycles. The van der Waals surface area contributed by atoms with E-state index in [1.165, 1.54) is 11.1 Å². The molecule has 0 saturated carbocycles. The van der Waals surface area contributed by atoms with E-state index < -0.39 is 11.7 Å². The summed E-state index contributed by atoms with van der Waals surface area (Å²) < 4.78 is 11.0. The molecule has 1 amide bonds. The van der Waals surface area contributed by atoms with Crippen molar-refractivity contribution in [3.8, 4) is 0 Å². The highest BCUT2D eigenvalue weighted by Crippen LogP contribution is 2.36. The molecule has 1 aromatic carbocycles. The van der Waals surface area contributed by atoms with Gasteiger partial charge in [0.2, 0.25) is 0 Å². The van der Waals surface area contributed by atoms with Gasteiger partial charge in [-0.1, -0.05) is 24.3 Å². The number of amides is 1. The molecular weight excluding hydrogens is 242 g/mol. The highest BCUT2D eigenvalue weighted by Gasteiger charge is 2.28. The average molecular weight is 263 g/mol. The first-order chi connectivity index (χ1) is 8.85. The van der Waals surface area contributed by atoms with Crippen LogP contribution in [0.3, 0.4) is 0 Å². The maximum atomic E-state index is 11.6. The van der Waals surface area contributed by atoms with Gasteiger partial charge in [-0.05, 0) is 38.8 Å². The summed E-state index contributed by atoms with van der Waals surface area (Å²) in [4.78, 5) is 11.6. The van der Waals surface area contributed by atoms with E-state index in [0.717, 1.165) is 6.42 Å². The number of nitrogens with one attached hydrogen (secondary N) is 1. The van der Waals surface area contributed by atoms with Gasteiger partial charge < -0.3 is 9.47 Å². The van der Waals surface area contributed by atoms with E-state index in [-0.39, 0.29) is 12.3 Å². The van der Waals surface area contributed by atoms with Crippen molar-refractivity contribution in [3.05, 3.63) is 35.4 Å². The maximum Gasteiger partial charge on any atom is 0.409 e. The van der Waals surface area contributed by atoms with Crippen molar-refractivity contribution in [2.45, 2.75) is 52.0 Å². The quantitative estimate of drug-likeness (QED) is 0.852. The van der Waals surface area contributed by atoms with Crippen LogP contribution < -0.4 is 5.32 Å². The Morgan fingerprint density at radius 2 is 2.05 bits per heavy atom. The van der Waals surface area contributed by atoms with Gasteiger partial charge in [0, 0.05) is 6.42 Å². The number of carbonyl (C=O) groups excluding carboxylic acids is 1. The average Bonchev–Trinajstić information content (AvgIpc) is 2.23. The van der Waals surface area contributed by atoms with Gasteiger partial charge in [0.05, 0.1) is 6.10 Å². The Kier molecular flexibility index (Phi) is 3.80. The molecule has 0 spiro atoms. The zero-order valence-electron chi connectivity index (χ0n) is 11.9. The summed E-state index contributed by atoms with van der Waals surface area (Å²) in [6, 6.07) is 8.18. The fourth-order valence-corrected chi connectivity index (χ4v) is 2.09. The van der Waals surface area contributed by atoms with E-state index in [9.17, 15) is 4.79 Å². The van der Waals surface area contributed by atoms with Gasteiger partial charge >= 0.3 is 6.09 Å². The summed E-state index contributed by atoms with van der Waals surface area (Å²) in [6.45, 7) is 7.31. The summed E-state index contributed by atoms with van der Waals surface area (Å²) in [5.41, 5.74) is 2.03. The van der Waals surface area contributed by atoms with Crippen molar-refractivity contribution < 1.29 is 14.3 Å². The lowest BCUT2D eigenvalue weighted by Gasteiger charge is -2.32. The standard InChI is InChI=1S/C15H21NO3/c1-10(16-14(17)19-15(2,3)4)18-13-9-11-7-5-6-8-12(11)13/h5-8,10,13H,9H2,1-4H3,(H,16,17). The lowest BCUT2D eigenvalue weighted by molar-refractivity contribution is -0.0380. The van der Waals surface area contributed by atoms with Crippen LogP contribution in [0.2, 0.25) is 0 Å². The van der Waals surface area contributed by atoms with E-state index >= 15 is 0 Å². The molecular formula is C15H21NO3. The van der Waals surface area contributed by atoms with Crippen LogP contribution in [0, 0.1) is 0 Å².